The lowest BCUT2D eigenvalue weighted by molar-refractivity contribution is 0.0953. The van der Waals surface area contributed by atoms with Crippen LogP contribution in [0, 0.1) is 0 Å². The van der Waals surface area contributed by atoms with E-state index in [2.05, 4.69) is 15.1 Å². The van der Waals surface area contributed by atoms with Gasteiger partial charge in [-0.2, -0.15) is 4.98 Å². The molecule has 0 unspecified atom stereocenters. The second kappa shape index (κ2) is 6.33. The summed E-state index contributed by atoms with van der Waals surface area (Å²) >= 11 is 1.24. The molecule has 2 aromatic heterocycles. The largest absolute Gasteiger partial charge is 0.339 e. The van der Waals surface area contributed by atoms with Gasteiger partial charge in [-0.05, 0) is 12.1 Å². The Morgan fingerprint density at radius 1 is 1.48 bits per heavy atom. The molecule has 2 heterocycles. The van der Waals surface area contributed by atoms with Crippen molar-refractivity contribution >= 4 is 17.7 Å². The summed E-state index contributed by atoms with van der Waals surface area (Å²) in [6, 6.07) is 3.26. The third-order valence-corrected chi connectivity index (χ3v) is 3.58. The molecule has 0 aliphatic rings. The number of hydrogen-bond acceptors (Lipinski definition) is 7. The van der Waals surface area contributed by atoms with Gasteiger partial charge in [-0.3, -0.25) is 34.6 Å². The van der Waals surface area contributed by atoms with Crippen LogP contribution in [0.1, 0.15) is 16.1 Å². The van der Waals surface area contributed by atoms with E-state index >= 15 is 0 Å². The van der Waals surface area contributed by atoms with Gasteiger partial charge in [0.25, 0.3) is 5.91 Å². The van der Waals surface area contributed by atoms with Crippen molar-refractivity contribution in [2.45, 2.75) is 10.9 Å². The summed E-state index contributed by atoms with van der Waals surface area (Å²) in [6.45, 7) is 0. The van der Waals surface area contributed by atoms with Gasteiger partial charge in [-0.25, -0.2) is 5.84 Å². The maximum Gasteiger partial charge on any atom is 0.339 e. The molecule has 0 aromatic carbocycles. The van der Waals surface area contributed by atoms with Crippen molar-refractivity contribution in [2.75, 3.05) is 0 Å². The molecule has 0 radical (unpaired) electrons. The zero-order valence-corrected chi connectivity index (χ0v) is 11.8. The minimum atomic E-state index is -0.835. The van der Waals surface area contributed by atoms with Crippen molar-refractivity contribution in [3.05, 3.63) is 50.3 Å². The standard InChI is InChI=1S/C11H12N6O3S/c1-17-11(14-9(19)10(20)16-17)21-5-7-3-2-6(4-13-7)8(18)15-12/h2-4H,5,12H2,1H3,(H,15,18)(H,16,20). The van der Waals surface area contributed by atoms with E-state index in [-0.39, 0.29) is 0 Å². The van der Waals surface area contributed by atoms with Crippen LogP contribution in [-0.2, 0) is 12.8 Å². The number of aromatic nitrogens is 4. The van der Waals surface area contributed by atoms with E-state index in [0.29, 0.717) is 22.2 Å². The van der Waals surface area contributed by atoms with E-state index in [9.17, 15) is 14.4 Å². The van der Waals surface area contributed by atoms with Gasteiger partial charge >= 0.3 is 11.1 Å². The maximum absolute atomic E-state index is 11.3. The smallest absolute Gasteiger partial charge is 0.290 e. The number of pyridine rings is 1. The Morgan fingerprint density at radius 2 is 2.24 bits per heavy atom. The molecule has 0 saturated carbocycles. The normalized spacial score (nSPS) is 10.4. The van der Waals surface area contributed by atoms with E-state index in [1.54, 1.807) is 19.2 Å². The van der Waals surface area contributed by atoms with Gasteiger partial charge in [0.2, 0.25) is 0 Å². The Hall–Kier alpha value is -2.46. The number of carbonyl (C=O) groups is 1. The van der Waals surface area contributed by atoms with Crippen molar-refractivity contribution < 1.29 is 4.79 Å². The number of carbonyl (C=O) groups excluding carboxylic acids is 1. The van der Waals surface area contributed by atoms with Crippen molar-refractivity contribution in [1.82, 2.24) is 25.2 Å². The van der Waals surface area contributed by atoms with Crippen molar-refractivity contribution in [1.29, 1.82) is 0 Å². The lowest BCUT2D eigenvalue weighted by atomic mass is 10.2. The quantitative estimate of drug-likeness (QED) is 0.211. The SMILES string of the molecule is Cn1[nH]c(=O)c(=O)nc1SCc1ccc(C(=O)NN)cn1. The number of aromatic amines is 1. The van der Waals surface area contributed by atoms with Gasteiger partial charge in [0, 0.05) is 19.0 Å². The lowest BCUT2D eigenvalue weighted by Crippen LogP contribution is -2.33. The molecular formula is C11H12N6O3S. The predicted molar refractivity (Wildman–Crippen MR) is 75.6 cm³/mol. The third kappa shape index (κ3) is 3.55. The molecule has 0 spiro atoms. The summed E-state index contributed by atoms with van der Waals surface area (Å²) < 4.78 is 1.37. The number of H-pyrrole nitrogens is 1. The Labute approximate surface area is 122 Å². The molecule has 0 aliphatic carbocycles. The van der Waals surface area contributed by atoms with Gasteiger partial charge < -0.3 is 0 Å². The molecule has 21 heavy (non-hydrogen) atoms. The minimum Gasteiger partial charge on any atom is -0.290 e. The van der Waals surface area contributed by atoms with Crippen LogP contribution in [0.4, 0.5) is 0 Å². The van der Waals surface area contributed by atoms with Crippen LogP contribution in [0.3, 0.4) is 0 Å². The number of rotatable bonds is 4. The van der Waals surface area contributed by atoms with Gasteiger partial charge in [0.1, 0.15) is 0 Å². The number of nitrogen functional groups attached to an aromatic ring is 1. The van der Waals surface area contributed by atoms with E-state index in [1.165, 1.54) is 22.6 Å². The van der Waals surface area contributed by atoms with Crippen molar-refractivity contribution in [3.63, 3.8) is 0 Å². The van der Waals surface area contributed by atoms with E-state index in [1.807, 2.05) is 5.43 Å². The summed E-state index contributed by atoms with van der Waals surface area (Å²) in [4.78, 5) is 41.3. The van der Waals surface area contributed by atoms with Crippen LogP contribution < -0.4 is 22.4 Å². The second-order valence-corrected chi connectivity index (χ2v) is 4.94. The summed E-state index contributed by atoms with van der Waals surface area (Å²) in [5.41, 5.74) is 1.45. The molecule has 2 aromatic rings. The molecule has 1 amide bonds. The highest BCUT2D eigenvalue weighted by atomic mass is 32.2. The number of nitrogens with two attached hydrogens (primary N) is 1. The van der Waals surface area contributed by atoms with Crippen molar-refractivity contribution in [2.24, 2.45) is 12.9 Å². The highest BCUT2D eigenvalue weighted by Crippen LogP contribution is 2.17. The zero-order chi connectivity index (χ0) is 15.4. The maximum atomic E-state index is 11.3. The Morgan fingerprint density at radius 3 is 2.86 bits per heavy atom. The first-order chi connectivity index (χ1) is 10.0. The molecule has 10 heteroatoms. The molecule has 0 aliphatic heterocycles. The second-order valence-electron chi connectivity index (χ2n) is 4.00. The van der Waals surface area contributed by atoms with Crippen LogP contribution in [0.5, 0.6) is 0 Å². The summed E-state index contributed by atoms with van der Waals surface area (Å²) in [6.07, 6.45) is 1.40. The molecule has 9 nitrogen and oxygen atoms in total. The van der Waals surface area contributed by atoms with E-state index in [0.717, 1.165) is 0 Å². The number of amides is 1. The lowest BCUT2D eigenvalue weighted by Gasteiger charge is -2.05. The highest BCUT2D eigenvalue weighted by Gasteiger charge is 2.07. The first-order valence-electron chi connectivity index (χ1n) is 5.77. The molecule has 4 N–H and O–H groups in total. The Kier molecular flexibility index (Phi) is 4.50. The van der Waals surface area contributed by atoms with E-state index in [4.69, 9.17) is 5.84 Å². The Balaban J connectivity index is 2.10. The first-order valence-corrected chi connectivity index (χ1v) is 6.76. The average molecular weight is 308 g/mol. The molecule has 0 bridgehead atoms. The zero-order valence-electron chi connectivity index (χ0n) is 11.0. The van der Waals surface area contributed by atoms with Crippen LogP contribution in [0.2, 0.25) is 0 Å². The summed E-state index contributed by atoms with van der Waals surface area (Å²) in [5.74, 6) is 5.02. The molecule has 110 valence electrons. The fraction of sp³-hybridized carbons (Fsp3) is 0.182. The van der Waals surface area contributed by atoms with E-state index < -0.39 is 17.0 Å². The highest BCUT2D eigenvalue weighted by molar-refractivity contribution is 7.98. The summed E-state index contributed by atoms with van der Waals surface area (Å²) in [7, 11) is 1.58. The molecule has 0 atom stereocenters. The number of thioether (sulfide) groups is 1. The number of aryl methyl sites for hydroxylation is 1. The van der Waals surface area contributed by atoms with Gasteiger partial charge in [-0.15, -0.1) is 0 Å². The predicted octanol–water partition coefficient (Wildman–Crippen LogP) is -1.24. The topological polar surface area (TPSA) is 136 Å². The number of hydrogen-bond donors (Lipinski definition) is 3. The van der Waals surface area contributed by atoms with Crippen molar-refractivity contribution in [3.8, 4) is 0 Å². The van der Waals surface area contributed by atoms with Crippen LogP contribution in [-0.4, -0.2) is 25.7 Å². The fourth-order valence-corrected chi connectivity index (χ4v) is 2.29. The molecule has 0 saturated heterocycles. The molecule has 2 rings (SSSR count). The van der Waals surface area contributed by atoms with Crippen LogP contribution >= 0.6 is 11.8 Å². The molecular weight excluding hydrogens is 296 g/mol. The minimum absolute atomic E-state index is 0.348. The monoisotopic (exact) mass is 308 g/mol. The number of nitrogens with one attached hydrogen (secondary N) is 2. The van der Waals surface area contributed by atoms with Gasteiger partial charge in [0.05, 0.1) is 11.3 Å². The summed E-state index contributed by atoms with van der Waals surface area (Å²) in [5, 5.41) is 2.72. The number of hydrazine groups is 1. The number of nitrogens with zero attached hydrogens (tertiary/aromatic N) is 3. The molecule has 0 fully saturated rings. The van der Waals surface area contributed by atoms with Crippen LogP contribution in [0.15, 0.2) is 33.1 Å². The third-order valence-electron chi connectivity index (χ3n) is 2.51. The van der Waals surface area contributed by atoms with Gasteiger partial charge in [0.15, 0.2) is 5.16 Å². The average Bonchev–Trinajstić information content (AvgIpc) is 2.49. The van der Waals surface area contributed by atoms with Crippen LogP contribution in [0.25, 0.3) is 0 Å². The first kappa shape index (κ1) is 14.9. The fourth-order valence-electron chi connectivity index (χ4n) is 1.46. The Bertz CT molecular complexity index is 767. The van der Waals surface area contributed by atoms with Gasteiger partial charge in [-0.1, -0.05) is 11.8 Å².